The van der Waals surface area contributed by atoms with E-state index in [1.165, 1.54) is 29.5 Å². The first kappa shape index (κ1) is 11.7. The Hall–Kier alpha value is -1.75. The molecule has 2 rings (SSSR count). The van der Waals surface area contributed by atoms with E-state index in [0.717, 1.165) is 0 Å². The largest absolute Gasteiger partial charge is 0.435 e. The molecule has 1 heterocycles. The molecule has 1 aromatic carbocycles. The van der Waals surface area contributed by atoms with Gasteiger partial charge in [0.15, 0.2) is 0 Å². The molecular formula is C12H8F2O2S. The molecule has 2 aromatic rings. The van der Waals surface area contributed by atoms with Gasteiger partial charge in [0.2, 0.25) is 5.78 Å². The van der Waals surface area contributed by atoms with Crippen molar-refractivity contribution in [3.05, 3.63) is 52.2 Å². The summed E-state index contributed by atoms with van der Waals surface area (Å²) in [6, 6.07) is 9.23. The molecule has 0 saturated heterocycles. The van der Waals surface area contributed by atoms with Gasteiger partial charge in [0.1, 0.15) is 5.75 Å². The van der Waals surface area contributed by atoms with Crippen LogP contribution in [0.5, 0.6) is 5.75 Å². The van der Waals surface area contributed by atoms with E-state index in [0.29, 0.717) is 10.4 Å². The van der Waals surface area contributed by atoms with Gasteiger partial charge >= 0.3 is 6.61 Å². The molecule has 0 aliphatic rings. The number of carbonyl (C=O) groups excluding carboxylic acids is 1. The van der Waals surface area contributed by atoms with Gasteiger partial charge < -0.3 is 4.74 Å². The van der Waals surface area contributed by atoms with Crippen molar-refractivity contribution in [3.63, 3.8) is 0 Å². The summed E-state index contributed by atoms with van der Waals surface area (Å²) < 4.78 is 28.3. The number of ether oxygens (including phenoxy) is 1. The highest BCUT2D eigenvalue weighted by Crippen LogP contribution is 2.20. The third-order valence-electron chi connectivity index (χ3n) is 2.07. The van der Waals surface area contributed by atoms with Crippen molar-refractivity contribution in [2.45, 2.75) is 6.61 Å². The molecule has 0 unspecified atom stereocenters. The summed E-state index contributed by atoms with van der Waals surface area (Å²) in [4.78, 5) is 12.5. The van der Waals surface area contributed by atoms with Gasteiger partial charge in [-0.15, -0.1) is 11.3 Å². The molecule has 0 aliphatic carbocycles. The number of benzene rings is 1. The van der Waals surface area contributed by atoms with E-state index < -0.39 is 6.61 Å². The van der Waals surface area contributed by atoms with Gasteiger partial charge in [-0.2, -0.15) is 8.78 Å². The first-order valence-electron chi connectivity index (χ1n) is 4.80. The Balaban J connectivity index is 2.24. The van der Waals surface area contributed by atoms with Crippen LogP contribution in [0.3, 0.4) is 0 Å². The minimum absolute atomic E-state index is 0.0117. The van der Waals surface area contributed by atoms with E-state index in [1.54, 1.807) is 23.6 Å². The van der Waals surface area contributed by atoms with Crippen molar-refractivity contribution in [3.8, 4) is 5.75 Å². The third-order valence-corrected chi connectivity index (χ3v) is 2.93. The monoisotopic (exact) mass is 254 g/mol. The maximum absolute atomic E-state index is 12.0. The van der Waals surface area contributed by atoms with Gasteiger partial charge in [-0.25, -0.2) is 0 Å². The maximum atomic E-state index is 12.0. The number of hydrogen-bond donors (Lipinski definition) is 0. The van der Waals surface area contributed by atoms with Crippen LogP contribution in [0, 0.1) is 0 Å². The molecule has 0 bridgehead atoms. The zero-order chi connectivity index (χ0) is 12.3. The van der Waals surface area contributed by atoms with Crippen LogP contribution in [0.4, 0.5) is 8.78 Å². The Kier molecular flexibility index (Phi) is 3.49. The molecule has 0 fully saturated rings. The van der Waals surface area contributed by atoms with Gasteiger partial charge in [0.25, 0.3) is 0 Å². The average molecular weight is 254 g/mol. The minimum Gasteiger partial charge on any atom is -0.435 e. The smallest absolute Gasteiger partial charge is 0.387 e. The second-order valence-corrected chi connectivity index (χ2v) is 4.16. The van der Waals surface area contributed by atoms with Crippen LogP contribution >= 0.6 is 11.3 Å². The highest BCUT2D eigenvalue weighted by molar-refractivity contribution is 7.12. The van der Waals surface area contributed by atoms with Crippen molar-refractivity contribution in [2.75, 3.05) is 0 Å². The van der Waals surface area contributed by atoms with E-state index in [2.05, 4.69) is 4.74 Å². The number of hydrogen-bond acceptors (Lipinski definition) is 3. The number of ketones is 1. The molecule has 0 amide bonds. The summed E-state index contributed by atoms with van der Waals surface area (Å²) in [5.41, 5.74) is 0.339. The van der Waals surface area contributed by atoms with Crippen LogP contribution in [0.1, 0.15) is 15.2 Å². The molecule has 0 atom stereocenters. The lowest BCUT2D eigenvalue weighted by molar-refractivity contribution is -0.0498. The molecular weight excluding hydrogens is 246 g/mol. The standard InChI is InChI=1S/C12H8F2O2S/c13-12(14)16-9-4-1-3-8(7-9)11(15)10-5-2-6-17-10/h1-7,12H. The van der Waals surface area contributed by atoms with E-state index in [1.807, 2.05) is 0 Å². The Morgan fingerprint density at radius 2 is 2.06 bits per heavy atom. The summed E-state index contributed by atoms with van der Waals surface area (Å²) in [7, 11) is 0. The van der Waals surface area contributed by atoms with E-state index >= 15 is 0 Å². The minimum atomic E-state index is -2.89. The third kappa shape index (κ3) is 2.88. The molecule has 17 heavy (non-hydrogen) atoms. The molecule has 5 heteroatoms. The van der Waals surface area contributed by atoms with Crippen LogP contribution in [0.2, 0.25) is 0 Å². The SMILES string of the molecule is O=C(c1cccc(OC(F)F)c1)c1cccs1. The molecule has 0 radical (unpaired) electrons. The number of alkyl halides is 2. The first-order valence-corrected chi connectivity index (χ1v) is 5.68. The van der Waals surface area contributed by atoms with Crippen LogP contribution in [0.25, 0.3) is 0 Å². The Morgan fingerprint density at radius 3 is 2.71 bits per heavy atom. The summed E-state index contributed by atoms with van der Waals surface area (Å²) in [5, 5.41) is 1.78. The Morgan fingerprint density at radius 1 is 1.24 bits per heavy atom. The molecule has 1 aromatic heterocycles. The molecule has 0 saturated carbocycles. The zero-order valence-corrected chi connectivity index (χ0v) is 9.42. The fourth-order valence-corrected chi connectivity index (χ4v) is 2.05. The highest BCUT2D eigenvalue weighted by atomic mass is 32.1. The van der Waals surface area contributed by atoms with Crippen molar-refractivity contribution < 1.29 is 18.3 Å². The summed E-state index contributed by atoms with van der Waals surface area (Å²) >= 11 is 1.31. The normalized spacial score (nSPS) is 10.5. The molecule has 0 aliphatic heterocycles. The van der Waals surface area contributed by atoms with Gasteiger partial charge in [0.05, 0.1) is 4.88 Å². The van der Waals surface area contributed by atoms with Crippen molar-refractivity contribution in [1.82, 2.24) is 0 Å². The number of carbonyl (C=O) groups is 1. The second kappa shape index (κ2) is 5.05. The van der Waals surface area contributed by atoms with Gasteiger partial charge in [-0.05, 0) is 23.6 Å². The van der Waals surface area contributed by atoms with Crippen LogP contribution < -0.4 is 4.74 Å². The molecule has 88 valence electrons. The summed E-state index contributed by atoms with van der Waals surface area (Å²) in [6.07, 6.45) is 0. The van der Waals surface area contributed by atoms with Crippen LogP contribution in [-0.4, -0.2) is 12.4 Å². The average Bonchev–Trinajstić information content (AvgIpc) is 2.81. The maximum Gasteiger partial charge on any atom is 0.387 e. The topological polar surface area (TPSA) is 26.3 Å². The van der Waals surface area contributed by atoms with Crippen molar-refractivity contribution in [1.29, 1.82) is 0 Å². The predicted octanol–water partition coefficient (Wildman–Crippen LogP) is 3.58. The van der Waals surface area contributed by atoms with Crippen LogP contribution in [0.15, 0.2) is 41.8 Å². The van der Waals surface area contributed by atoms with E-state index in [-0.39, 0.29) is 11.5 Å². The second-order valence-electron chi connectivity index (χ2n) is 3.21. The number of rotatable bonds is 4. The van der Waals surface area contributed by atoms with Crippen LogP contribution in [-0.2, 0) is 0 Å². The number of halogens is 2. The molecule has 0 N–H and O–H groups in total. The summed E-state index contributed by atoms with van der Waals surface area (Å²) in [6.45, 7) is -2.89. The lowest BCUT2D eigenvalue weighted by Crippen LogP contribution is -2.04. The van der Waals surface area contributed by atoms with E-state index in [4.69, 9.17) is 0 Å². The molecule has 2 nitrogen and oxygen atoms in total. The lowest BCUT2D eigenvalue weighted by atomic mass is 10.1. The van der Waals surface area contributed by atoms with E-state index in [9.17, 15) is 13.6 Å². The first-order chi connectivity index (χ1) is 8.16. The van der Waals surface area contributed by atoms with Crippen molar-refractivity contribution in [2.24, 2.45) is 0 Å². The summed E-state index contributed by atoms with van der Waals surface area (Å²) in [5.74, 6) is -0.206. The zero-order valence-electron chi connectivity index (χ0n) is 8.60. The highest BCUT2D eigenvalue weighted by Gasteiger charge is 2.12. The molecule has 0 spiro atoms. The Bertz CT molecular complexity index is 509. The fourth-order valence-electron chi connectivity index (χ4n) is 1.36. The van der Waals surface area contributed by atoms with Gasteiger partial charge in [-0.1, -0.05) is 18.2 Å². The predicted molar refractivity (Wildman–Crippen MR) is 60.8 cm³/mol. The Labute approximate surface area is 100 Å². The lowest BCUT2D eigenvalue weighted by Gasteiger charge is -2.05. The van der Waals surface area contributed by atoms with Gasteiger partial charge in [-0.3, -0.25) is 4.79 Å². The fraction of sp³-hybridized carbons (Fsp3) is 0.0833. The quantitative estimate of drug-likeness (QED) is 0.779. The van der Waals surface area contributed by atoms with Gasteiger partial charge in [0, 0.05) is 5.56 Å². The van der Waals surface area contributed by atoms with Crippen molar-refractivity contribution >= 4 is 17.1 Å². The number of thiophene rings is 1.